The Morgan fingerprint density at radius 2 is 2.29 bits per heavy atom. The average Bonchev–Trinajstić information content (AvgIpc) is 2.26. The maximum atomic E-state index is 11.0. The van der Waals surface area contributed by atoms with Crippen LogP contribution in [-0.2, 0) is 0 Å². The quantitative estimate of drug-likeness (QED) is 0.796. The summed E-state index contributed by atoms with van der Waals surface area (Å²) in [7, 11) is 0. The summed E-state index contributed by atoms with van der Waals surface area (Å²) in [5.74, 6) is -0.942. The Morgan fingerprint density at radius 3 is 2.88 bits per heavy atom. The summed E-state index contributed by atoms with van der Waals surface area (Å²) in [6, 6.07) is 2.06. The van der Waals surface area contributed by atoms with Gasteiger partial charge in [0, 0.05) is 17.9 Å². The predicted molar refractivity (Wildman–Crippen MR) is 68.5 cm³/mol. The van der Waals surface area contributed by atoms with Gasteiger partial charge in [0.25, 0.3) is 0 Å². The van der Waals surface area contributed by atoms with Crippen LogP contribution >= 0.6 is 0 Å². The van der Waals surface area contributed by atoms with Gasteiger partial charge in [-0.25, -0.2) is 4.79 Å². The first-order valence-corrected chi connectivity index (χ1v) is 6.01. The Bertz CT molecular complexity index is 391. The topological polar surface area (TPSA) is 62.2 Å². The largest absolute Gasteiger partial charge is 0.478 e. The molecule has 0 aliphatic carbocycles. The van der Waals surface area contributed by atoms with Crippen LogP contribution in [0.4, 0.5) is 5.69 Å². The van der Waals surface area contributed by atoms with E-state index in [4.69, 9.17) is 5.11 Å². The molecule has 1 aromatic rings. The first kappa shape index (κ1) is 13.5. The molecule has 0 saturated carbocycles. The minimum absolute atomic E-state index is 0.235. The summed E-state index contributed by atoms with van der Waals surface area (Å²) in [6.07, 6.45) is 4.73. The zero-order valence-corrected chi connectivity index (χ0v) is 10.7. The minimum atomic E-state index is -0.942. The number of hydrogen-bond donors (Lipinski definition) is 2. The van der Waals surface area contributed by atoms with Gasteiger partial charge in [0.15, 0.2) is 0 Å². The first-order valence-electron chi connectivity index (χ1n) is 6.01. The normalized spacial score (nSPS) is 12.2. The van der Waals surface area contributed by atoms with Crippen LogP contribution in [0.5, 0.6) is 0 Å². The summed E-state index contributed by atoms with van der Waals surface area (Å²) in [5.41, 5.74) is 1.72. The number of carboxylic acids is 1. The number of nitrogens with one attached hydrogen (secondary N) is 1. The van der Waals surface area contributed by atoms with Gasteiger partial charge in [-0.2, -0.15) is 0 Å². The van der Waals surface area contributed by atoms with Crippen molar-refractivity contribution >= 4 is 11.7 Å². The van der Waals surface area contributed by atoms with Crippen LogP contribution in [0.3, 0.4) is 0 Å². The van der Waals surface area contributed by atoms with Gasteiger partial charge in [0.1, 0.15) is 5.56 Å². The second-order valence-electron chi connectivity index (χ2n) is 4.36. The molecule has 94 valence electrons. The van der Waals surface area contributed by atoms with Gasteiger partial charge in [-0.15, -0.1) is 0 Å². The van der Waals surface area contributed by atoms with E-state index in [1.807, 2.05) is 6.92 Å². The number of aromatic carboxylic acids is 1. The summed E-state index contributed by atoms with van der Waals surface area (Å²) in [6.45, 7) is 6.07. The molecule has 17 heavy (non-hydrogen) atoms. The fraction of sp³-hybridized carbons (Fsp3) is 0.538. The molecule has 0 spiro atoms. The number of rotatable bonds is 6. The molecular weight excluding hydrogens is 216 g/mol. The number of unbranched alkanes of at least 4 members (excludes halogenated alkanes) is 1. The zero-order chi connectivity index (χ0) is 12.8. The number of anilines is 1. The summed E-state index contributed by atoms with van der Waals surface area (Å²) in [5, 5.41) is 12.3. The lowest BCUT2D eigenvalue weighted by molar-refractivity contribution is 0.0697. The van der Waals surface area contributed by atoms with Gasteiger partial charge < -0.3 is 10.4 Å². The molecule has 0 aliphatic rings. The van der Waals surface area contributed by atoms with Crippen LogP contribution in [0.2, 0.25) is 0 Å². The average molecular weight is 236 g/mol. The van der Waals surface area contributed by atoms with Crippen molar-refractivity contribution in [3.05, 3.63) is 23.5 Å². The van der Waals surface area contributed by atoms with E-state index >= 15 is 0 Å². The lowest BCUT2D eigenvalue weighted by atomic mass is 10.1. The molecular formula is C13H20N2O2. The molecule has 1 heterocycles. The van der Waals surface area contributed by atoms with Gasteiger partial charge in [0.2, 0.25) is 0 Å². The number of aryl methyl sites for hydroxylation is 1. The van der Waals surface area contributed by atoms with Crippen LogP contribution in [0.15, 0.2) is 12.3 Å². The van der Waals surface area contributed by atoms with Gasteiger partial charge in [0.05, 0.1) is 5.69 Å². The molecule has 0 fully saturated rings. The van der Waals surface area contributed by atoms with E-state index in [-0.39, 0.29) is 11.6 Å². The van der Waals surface area contributed by atoms with Crippen molar-refractivity contribution < 1.29 is 9.90 Å². The van der Waals surface area contributed by atoms with Gasteiger partial charge in [-0.05, 0) is 26.3 Å². The molecule has 2 N–H and O–H groups in total. The Balaban J connectivity index is 2.81. The SMILES string of the molecule is CCCCC(C)Nc1cc(C)ncc1C(=O)O. The number of nitrogens with zero attached hydrogens (tertiary/aromatic N) is 1. The van der Waals surface area contributed by atoms with Crippen LogP contribution < -0.4 is 5.32 Å². The summed E-state index contributed by atoms with van der Waals surface area (Å²) < 4.78 is 0. The highest BCUT2D eigenvalue weighted by Gasteiger charge is 2.12. The molecule has 0 aromatic carbocycles. The maximum absolute atomic E-state index is 11.0. The molecule has 0 amide bonds. The van der Waals surface area contributed by atoms with Gasteiger partial charge in [-0.3, -0.25) is 4.98 Å². The standard InChI is InChI=1S/C13H20N2O2/c1-4-5-6-9(2)15-12-7-10(3)14-8-11(12)13(16)17/h7-9H,4-6H2,1-3H3,(H,14,15)(H,16,17). The van der Waals surface area contributed by atoms with Crippen LogP contribution in [0.25, 0.3) is 0 Å². The fourth-order valence-corrected chi connectivity index (χ4v) is 1.70. The molecule has 1 rings (SSSR count). The number of aromatic nitrogens is 1. The highest BCUT2D eigenvalue weighted by Crippen LogP contribution is 2.18. The maximum Gasteiger partial charge on any atom is 0.339 e. The third kappa shape index (κ3) is 4.06. The smallest absolute Gasteiger partial charge is 0.339 e. The molecule has 1 unspecified atom stereocenters. The number of pyridine rings is 1. The molecule has 1 aromatic heterocycles. The molecule has 0 saturated heterocycles. The molecule has 4 heteroatoms. The van der Waals surface area contributed by atoms with E-state index in [9.17, 15) is 4.79 Å². The van der Waals surface area contributed by atoms with E-state index in [2.05, 4.69) is 24.1 Å². The van der Waals surface area contributed by atoms with E-state index in [0.29, 0.717) is 5.69 Å². The lowest BCUT2D eigenvalue weighted by Gasteiger charge is -2.16. The van der Waals surface area contributed by atoms with Crippen molar-refractivity contribution in [3.8, 4) is 0 Å². The van der Waals surface area contributed by atoms with Gasteiger partial charge >= 0.3 is 5.97 Å². The van der Waals surface area contributed by atoms with E-state index in [1.54, 1.807) is 6.07 Å². The van der Waals surface area contributed by atoms with E-state index in [1.165, 1.54) is 6.20 Å². The monoisotopic (exact) mass is 236 g/mol. The second kappa shape index (κ2) is 6.23. The second-order valence-corrected chi connectivity index (χ2v) is 4.36. The lowest BCUT2D eigenvalue weighted by Crippen LogP contribution is -2.17. The third-order valence-electron chi connectivity index (χ3n) is 2.66. The molecule has 1 atom stereocenters. The Kier molecular flexibility index (Phi) is 4.94. The van der Waals surface area contributed by atoms with E-state index < -0.39 is 5.97 Å². The molecule has 0 radical (unpaired) electrons. The Morgan fingerprint density at radius 1 is 1.59 bits per heavy atom. The minimum Gasteiger partial charge on any atom is -0.478 e. The van der Waals surface area contributed by atoms with Crippen LogP contribution in [0, 0.1) is 6.92 Å². The predicted octanol–water partition coefficient (Wildman–Crippen LogP) is 3.08. The van der Waals surface area contributed by atoms with Crippen LogP contribution in [-0.4, -0.2) is 22.1 Å². The third-order valence-corrected chi connectivity index (χ3v) is 2.66. The molecule has 0 bridgehead atoms. The van der Waals surface area contributed by atoms with Crippen molar-refractivity contribution in [2.45, 2.75) is 46.1 Å². The highest BCUT2D eigenvalue weighted by atomic mass is 16.4. The Hall–Kier alpha value is -1.58. The van der Waals surface area contributed by atoms with E-state index in [0.717, 1.165) is 25.0 Å². The first-order chi connectivity index (χ1) is 8.04. The van der Waals surface area contributed by atoms with Crippen molar-refractivity contribution in [1.82, 2.24) is 4.98 Å². The van der Waals surface area contributed by atoms with Crippen molar-refractivity contribution in [2.24, 2.45) is 0 Å². The Labute approximate surface area is 102 Å². The summed E-state index contributed by atoms with van der Waals surface area (Å²) >= 11 is 0. The number of carboxylic acid groups (broad SMARTS) is 1. The fourth-order valence-electron chi connectivity index (χ4n) is 1.70. The van der Waals surface area contributed by atoms with Crippen LogP contribution in [0.1, 0.15) is 49.2 Å². The van der Waals surface area contributed by atoms with Crippen molar-refractivity contribution in [3.63, 3.8) is 0 Å². The molecule has 4 nitrogen and oxygen atoms in total. The molecule has 0 aliphatic heterocycles. The number of hydrogen-bond acceptors (Lipinski definition) is 3. The highest BCUT2D eigenvalue weighted by molar-refractivity contribution is 5.93. The van der Waals surface area contributed by atoms with Crippen molar-refractivity contribution in [1.29, 1.82) is 0 Å². The van der Waals surface area contributed by atoms with Gasteiger partial charge in [-0.1, -0.05) is 19.8 Å². The zero-order valence-electron chi connectivity index (χ0n) is 10.7. The van der Waals surface area contributed by atoms with Crippen molar-refractivity contribution in [2.75, 3.05) is 5.32 Å². The summed E-state index contributed by atoms with van der Waals surface area (Å²) in [4.78, 5) is 15.1. The number of carbonyl (C=O) groups is 1.